The van der Waals surface area contributed by atoms with Gasteiger partial charge in [0.25, 0.3) is 5.91 Å². The summed E-state index contributed by atoms with van der Waals surface area (Å²) in [5.41, 5.74) is 8.45. The van der Waals surface area contributed by atoms with E-state index in [1.165, 1.54) is 0 Å². The molecule has 3 fully saturated rings. The van der Waals surface area contributed by atoms with Crippen LogP contribution in [-0.2, 0) is 9.53 Å². The first-order valence-corrected chi connectivity index (χ1v) is 7.52. The highest BCUT2D eigenvalue weighted by molar-refractivity contribution is 5.89. The molecule has 2 saturated heterocycles. The van der Waals surface area contributed by atoms with Crippen molar-refractivity contribution >= 4 is 5.91 Å². The lowest BCUT2D eigenvalue weighted by atomic mass is 9.48. The summed E-state index contributed by atoms with van der Waals surface area (Å²) in [6.07, 6.45) is 1.02. The van der Waals surface area contributed by atoms with Gasteiger partial charge < -0.3 is 15.4 Å². The molecule has 6 heteroatoms. The number of carbonyl (C=O) groups excluding carboxylic acids is 1. The van der Waals surface area contributed by atoms with Gasteiger partial charge in [-0.2, -0.15) is 0 Å². The van der Waals surface area contributed by atoms with Crippen LogP contribution in [0, 0.1) is 11.3 Å². The monoisotopic (exact) mass is 282 g/mol. The normalized spacial score (nSPS) is 41.0. The van der Waals surface area contributed by atoms with Crippen LogP contribution in [0.3, 0.4) is 0 Å². The summed E-state index contributed by atoms with van der Waals surface area (Å²) < 4.78 is 5.74. The van der Waals surface area contributed by atoms with Crippen molar-refractivity contribution in [2.24, 2.45) is 17.1 Å². The van der Waals surface area contributed by atoms with E-state index in [0.29, 0.717) is 0 Å². The van der Waals surface area contributed by atoms with E-state index in [-0.39, 0.29) is 23.3 Å². The third kappa shape index (κ3) is 1.82. The lowest BCUT2D eigenvalue weighted by Crippen LogP contribution is -2.81. The van der Waals surface area contributed by atoms with E-state index in [9.17, 15) is 4.79 Å². The first-order chi connectivity index (χ1) is 9.37. The van der Waals surface area contributed by atoms with Crippen molar-refractivity contribution in [2.75, 3.05) is 39.8 Å². The Kier molecular flexibility index (Phi) is 3.32. The SMILES string of the molecule is CN1CCN(NC(=O)C2(N)C3CCOC3C2(C)C)CC1. The molecule has 1 amide bonds. The predicted octanol–water partition coefficient (Wildman–Crippen LogP) is -0.593. The Bertz CT molecular complexity index is 406. The van der Waals surface area contributed by atoms with E-state index < -0.39 is 5.54 Å². The van der Waals surface area contributed by atoms with Gasteiger partial charge >= 0.3 is 0 Å². The van der Waals surface area contributed by atoms with E-state index in [1.807, 2.05) is 18.9 Å². The van der Waals surface area contributed by atoms with Crippen molar-refractivity contribution < 1.29 is 9.53 Å². The number of nitrogens with zero attached hydrogens (tertiary/aromatic N) is 2. The molecule has 3 atom stereocenters. The van der Waals surface area contributed by atoms with E-state index in [1.54, 1.807) is 0 Å². The molecule has 0 bridgehead atoms. The van der Waals surface area contributed by atoms with Crippen LogP contribution in [0.5, 0.6) is 0 Å². The van der Waals surface area contributed by atoms with Gasteiger partial charge in [-0.3, -0.25) is 10.2 Å². The summed E-state index contributed by atoms with van der Waals surface area (Å²) in [4.78, 5) is 15.0. The molecule has 0 aromatic rings. The van der Waals surface area contributed by atoms with Gasteiger partial charge in [-0.15, -0.1) is 0 Å². The Hall–Kier alpha value is -0.690. The molecule has 2 aliphatic heterocycles. The molecule has 20 heavy (non-hydrogen) atoms. The Morgan fingerprint density at radius 3 is 2.60 bits per heavy atom. The Morgan fingerprint density at radius 1 is 1.30 bits per heavy atom. The predicted molar refractivity (Wildman–Crippen MR) is 75.8 cm³/mol. The van der Waals surface area contributed by atoms with Crippen molar-refractivity contribution in [3.05, 3.63) is 0 Å². The lowest BCUT2D eigenvalue weighted by molar-refractivity contribution is -0.179. The van der Waals surface area contributed by atoms with E-state index in [4.69, 9.17) is 10.5 Å². The van der Waals surface area contributed by atoms with Gasteiger partial charge in [-0.25, -0.2) is 5.01 Å². The van der Waals surface area contributed by atoms with E-state index >= 15 is 0 Å². The molecule has 1 saturated carbocycles. The van der Waals surface area contributed by atoms with Crippen molar-refractivity contribution in [3.8, 4) is 0 Å². The minimum atomic E-state index is -0.808. The van der Waals surface area contributed by atoms with Crippen molar-refractivity contribution in [1.29, 1.82) is 0 Å². The second kappa shape index (κ2) is 4.66. The van der Waals surface area contributed by atoms with Gasteiger partial charge in [0.1, 0.15) is 5.54 Å². The highest BCUT2D eigenvalue weighted by Gasteiger charge is 2.71. The summed E-state index contributed by atoms with van der Waals surface area (Å²) in [6.45, 7) is 8.45. The van der Waals surface area contributed by atoms with Gasteiger partial charge in [0.05, 0.1) is 6.10 Å². The Labute approximate surface area is 120 Å². The maximum Gasteiger partial charge on any atom is 0.255 e. The number of piperazine rings is 1. The number of likely N-dealkylation sites (N-methyl/N-ethyl adjacent to an activating group) is 1. The molecule has 3 rings (SSSR count). The average molecular weight is 282 g/mol. The largest absolute Gasteiger partial charge is 0.377 e. The van der Waals surface area contributed by atoms with Crippen LogP contribution in [0.25, 0.3) is 0 Å². The number of hydrazine groups is 1. The number of nitrogens with one attached hydrogen (secondary N) is 1. The number of hydrogen-bond donors (Lipinski definition) is 2. The zero-order valence-electron chi connectivity index (χ0n) is 12.7. The van der Waals surface area contributed by atoms with Crippen LogP contribution in [-0.4, -0.2) is 67.3 Å². The molecule has 3 N–H and O–H groups in total. The number of ether oxygens (including phenoxy) is 1. The quantitative estimate of drug-likeness (QED) is 0.708. The minimum absolute atomic E-state index is 0.0428. The van der Waals surface area contributed by atoms with Crippen LogP contribution in [0.2, 0.25) is 0 Å². The van der Waals surface area contributed by atoms with Gasteiger partial charge in [0, 0.05) is 44.1 Å². The van der Waals surface area contributed by atoms with Gasteiger partial charge in [-0.05, 0) is 13.5 Å². The number of carbonyl (C=O) groups is 1. The van der Waals surface area contributed by atoms with Crippen LogP contribution >= 0.6 is 0 Å². The molecular weight excluding hydrogens is 256 g/mol. The Morgan fingerprint density at radius 2 is 1.95 bits per heavy atom. The highest BCUT2D eigenvalue weighted by atomic mass is 16.5. The van der Waals surface area contributed by atoms with E-state index in [2.05, 4.69) is 17.4 Å². The third-order valence-corrected chi connectivity index (χ3v) is 5.59. The molecule has 0 aromatic heterocycles. The molecule has 6 nitrogen and oxygen atoms in total. The minimum Gasteiger partial charge on any atom is -0.377 e. The third-order valence-electron chi connectivity index (χ3n) is 5.59. The molecular formula is C14H26N4O2. The van der Waals surface area contributed by atoms with Gasteiger partial charge in [0.2, 0.25) is 0 Å². The van der Waals surface area contributed by atoms with Crippen LogP contribution in [0.15, 0.2) is 0 Å². The van der Waals surface area contributed by atoms with Crippen LogP contribution < -0.4 is 11.2 Å². The summed E-state index contributed by atoms with van der Waals surface area (Å²) in [7, 11) is 2.10. The van der Waals surface area contributed by atoms with E-state index in [0.717, 1.165) is 39.2 Å². The Balaban J connectivity index is 1.67. The van der Waals surface area contributed by atoms with Gasteiger partial charge in [-0.1, -0.05) is 13.8 Å². The smallest absolute Gasteiger partial charge is 0.255 e. The molecule has 0 aromatic carbocycles. The molecule has 2 heterocycles. The fourth-order valence-electron chi connectivity index (χ4n) is 4.00. The number of nitrogens with two attached hydrogens (primary N) is 1. The van der Waals surface area contributed by atoms with Crippen molar-refractivity contribution in [3.63, 3.8) is 0 Å². The fourth-order valence-corrected chi connectivity index (χ4v) is 4.00. The first-order valence-electron chi connectivity index (χ1n) is 7.52. The number of fused-ring (bicyclic) bond motifs is 1. The van der Waals surface area contributed by atoms with Crippen molar-refractivity contribution in [1.82, 2.24) is 15.3 Å². The van der Waals surface area contributed by atoms with Crippen molar-refractivity contribution in [2.45, 2.75) is 31.9 Å². The maximum absolute atomic E-state index is 12.7. The van der Waals surface area contributed by atoms with Crippen LogP contribution in [0.1, 0.15) is 20.3 Å². The summed E-state index contributed by atoms with van der Waals surface area (Å²) in [6, 6.07) is 0. The van der Waals surface area contributed by atoms with Crippen LogP contribution in [0.4, 0.5) is 0 Å². The fraction of sp³-hybridized carbons (Fsp3) is 0.929. The summed E-state index contributed by atoms with van der Waals surface area (Å²) in [5.74, 6) is 0.115. The zero-order valence-corrected chi connectivity index (χ0v) is 12.7. The number of amides is 1. The summed E-state index contributed by atoms with van der Waals surface area (Å²) in [5, 5.41) is 2.00. The maximum atomic E-state index is 12.7. The first kappa shape index (κ1) is 14.3. The lowest BCUT2D eigenvalue weighted by Gasteiger charge is -2.60. The van der Waals surface area contributed by atoms with Gasteiger partial charge in [0.15, 0.2) is 0 Å². The molecule has 0 radical (unpaired) electrons. The molecule has 114 valence electrons. The topological polar surface area (TPSA) is 70.8 Å². The molecule has 1 aliphatic carbocycles. The average Bonchev–Trinajstić information content (AvgIpc) is 2.88. The second-order valence-corrected chi connectivity index (χ2v) is 7.01. The zero-order chi connectivity index (χ0) is 14.5. The summed E-state index contributed by atoms with van der Waals surface area (Å²) >= 11 is 0. The molecule has 0 spiro atoms. The standard InChI is InChI=1S/C14H26N4O2/c1-13(2)11-10(4-9-20-11)14(13,15)12(19)16-18-7-5-17(3)6-8-18/h10-11H,4-9,15H2,1-3H3,(H,16,19). The highest BCUT2D eigenvalue weighted by Crippen LogP contribution is 2.58. The molecule has 3 unspecified atom stereocenters. The second-order valence-electron chi connectivity index (χ2n) is 7.01. The number of rotatable bonds is 2. The molecule has 3 aliphatic rings. The number of hydrogen-bond acceptors (Lipinski definition) is 5.